The Balaban J connectivity index is 1.38. The van der Waals surface area contributed by atoms with Crippen LogP contribution in [0.15, 0.2) is 48.5 Å². The number of nitrogens with one attached hydrogen (secondary N) is 1. The van der Waals surface area contributed by atoms with Crippen LogP contribution in [0.1, 0.15) is 22.6 Å². The highest BCUT2D eigenvalue weighted by atomic mass is 16.5. The Kier molecular flexibility index (Phi) is 3.91. The molecule has 3 heterocycles. The first-order chi connectivity index (χ1) is 14.0. The minimum atomic E-state index is -0.791. The average molecular weight is 388 g/mol. The molecular weight excluding hydrogens is 368 g/mol. The van der Waals surface area contributed by atoms with E-state index in [-0.39, 0.29) is 5.91 Å². The molecule has 0 aliphatic carbocycles. The fraction of sp³-hybridized carbons (Fsp3) is 0.227. The van der Waals surface area contributed by atoms with Gasteiger partial charge in [0.25, 0.3) is 5.91 Å². The predicted octanol–water partition coefficient (Wildman–Crippen LogP) is 3.33. The third-order valence-corrected chi connectivity index (χ3v) is 5.41. The van der Waals surface area contributed by atoms with Gasteiger partial charge in [0, 0.05) is 37.0 Å². The summed E-state index contributed by atoms with van der Waals surface area (Å²) < 4.78 is 7.23. The maximum atomic E-state index is 12.8. The van der Waals surface area contributed by atoms with Crippen LogP contribution in [0.3, 0.4) is 0 Å². The summed E-state index contributed by atoms with van der Waals surface area (Å²) in [5, 5.41) is 7.41. The van der Waals surface area contributed by atoms with Crippen LogP contribution in [0.5, 0.6) is 0 Å². The van der Waals surface area contributed by atoms with Crippen molar-refractivity contribution in [3.63, 3.8) is 0 Å². The van der Waals surface area contributed by atoms with Crippen molar-refractivity contribution in [2.75, 3.05) is 11.4 Å². The Hall–Kier alpha value is -3.61. The largest absolute Gasteiger partial charge is 0.447 e. The van der Waals surface area contributed by atoms with E-state index in [1.165, 1.54) is 0 Å². The molecule has 1 saturated heterocycles. The van der Waals surface area contributed by atoms with Gasteiger partial charge in [0.2, 0.25) is 0 Å². The van der Waals surface area contributed by atoms with Gasteiger partial charge in [0.15, 0.2) is 6.10 Å². The lowest BCUT2D eigenvalue weighted by molar-refractivity contribution is -0.124. The van der Waals surface area contributed by atoms with Crippen LogP contribution in [-0.4, -0.2) is 39.3 Å². The maximum Gasteiger partial charge on any atom is 0.355 e. The highest BCUT2D eigenvalue weighted by molar-refractivity contribution is 6.09. The van der Waals surface area contributed by atoms with Crippen LogP contribution in [0.25, 0.3) is 21.7 Å². The molecule has 29 heavy (non-hydrogen) atoms. The molecule has 0 saturated carbocycles. The van der Waals surface area contributed by atoms with Gasteiger partial charge in [0.1, 0.15) is 11.5 Å². The van der Waals surface area contributed by atoms with E-state index in [0.717, 1.165) is 27.4 Å². The standard InChI is InChI=1S/C22H20N4O3/c1-13-11-20(25(2)24-13)26-10-9-19(21(26)27)29-22(28)18-12-16-15-6-4-3-5-14(15)7-8-17(16)23-18/h3-8,11-12,19,23H,9-10H2,1-2H3. The van der Waals surface area contributed by atoms with E-state index in [1.807, 2.05) is 49.4 Å². The number of aryl methyl sites for hydroxylation is 2. The SMILES string of the molecule is Cc1cc(N2CCC(OC(=O)c3cc4c(ccc5ccccc54)[nH]3)C2=O)n(C)n1. The molecule has 1 N–H and O–H groups in total. The summed E-state index contributed by atoms with van der Waals surface area (Å²) in [7, 11) is 1.80. The zero-order chi connectivity index (χ0) is 20.1. The number of rotatable bonds is 3. The number of hydrogen-bond acceptors (Lipinski definition) is 4. The molecule has 1 aliphatic heterocycles. The lowest BCUT2D eigenvalue weighted by Crippen LogP contribution is -2.33. The van der Waals surface area contributed by atoms with Crippen LogP contribution in [0.4, 0.5) is 5.82 Å². The minimum absolute atomic E-state index is 0.220. The number of fused-ring (bicyclic) bond motifs is 3. The van der Waals surface area contributed by atoms with Gasteiger partial charge in [-0.1, -0.05) is 30.3 Å². The molecule has 7 heteroatoms. The van der Waals surface area contributed by atoms with Gasteiger partial charge < -0.3 is 9.72 Å². The summed E-state index contributed by atoms with van der Waals surface area (Å²) in [4.78, 5) is 30.2. The van der Waals surface area contributed by atoms with Gasteiger partial charge >= 0.3 is 5.97 Å². The molecular formula is C22H20N4O3. The summed E-state index contributed by atoms with van der Waals surface area (Å²) in [6.45, 7) is 2.37. The molecule has 146 valence electrons. The van der Waals surface area contributed by atoms with Crippen LogP contribution in [0, 0.1) is 6.92 Å². The van der Waals surface area contributed by atoms with Gasteiger partial charge in [-0.25, -0.2) is 4.79 Å². The normalized spacial score (nSPS) is 16.8. The second-order valence-electron chi connectivity index (χ2n) is 7.37. The van der Waals surface area contributed by atoms with E-state index in [1.54, 1.807) is 22.7 Å². The Morgan fingerprint density at radius 2 is 2.00 bits per heavy atom. The molecule has 5 rings (SSSR count). The van der Waals surface area contributed by atoms with Crippen molar-refractivity contribution in [1.82, 2.24) is 14.8 Å². The van der Waals surface area contributed by atoms with Gasteiger partial charge in [-0.2, -0.15) is 5.10 Å². The summed E-state index contributed by atoms with van der Waals surface area (Å²) in [6.07, 6.45) is -0.335. The number of carbonyl (C=O) groups excluding carboxylic acids is 2. The lowest BCUT2D eigenvalue weighted by Gasteiger charge is -2.16. The first kappa shape index (κ1) is 17.5. The fourth-order valence-electron chi connectivity index (χ4n) is 4.03. The van der Waals surface area contributed by atoms with Gasteiger partial charge in [-0.15, -0.1) is 0 Å². The first-order valence-corrected chi connectivity index (χ1v) is 9.55. The number of H-pyrrole nitrogens is 1. The minimum Gasteiger partial charge on any atom is -0.447 e. The lowest BCUT2D eigenvalue weighted by atomic mass is 10.1. The number of ether oxygens (including phenoxy) is 1. The molecule has 7 nitrogen and oxygen atoms in total. The summed E-state index contributed by atoms with van der Waals surface area (Å²) >= 11 is 0. The number of hydrogen-bond donors (Lipinski definition) is 1. The Morgan fingerprint density at radius 3 is 2.79 bits per heavy atom. The van der Waals surface area contributed by atoms with E-state index in [9.17, 15) is 9.59 Å². The molecule has 4 aromatic rings. The number of nitrogens with zero attached hydrogens (tertiary/aromatic N) is 3. The molecule has 1 atom stereocenters. The molecule has 2 aromatic carbocycles. The van der Waals surface area contributed by atoms with Crippen molar-refractivity contribution in [3.8, 4) is 0 Å². The number of esters is 1. The molecule has 1 aliphatic rings. The highest BCUT2D eigenvalue weighted by Gasteiger charge is 2.37. The van der Waals surface area contributed by atoms with Gasteiger partial charge in [-0.3, -0.25) is 14.4 Å². The van der Waals surface area contributed by atoms with Gasteiger partial charge in [0.05, 0.1) is 5.69 Å². The van der Waals surface area contributed by atoms with Crippen molar-refractivity contribution in [3.05, 3.63) is 59.9 Å². The predicted molar refractivity (Wildman–Crippen MR) is 110 cm³/mol. The number of aromatic nitrogens is 3. The summed E-state index contributed by atoms with van der Waals surface area (Å²) in [6, 6.07) is 15.6. The monoisotopic (exact) mass is 388 g/mol. The van der Waals surface area contributed by atoms with Crippen LogP contribution in [0.2, 0.25) is 0 Å². The number of aromatic amines is 1. The van der Waals surface area contributed by atoms with Crippen molar-refractivity contribution >= 4 is 39.4 Å². The Morgan fingerprint density at radius 1 is 1.17 bits per heavy atom. The van der Waals surface area contributed by atoms with E-state index in [4.69, 9.17) is 4.74 Å². The highest BCUT2D eigenvalue weighted by Crippen LogP contribution is 2.27. The Bertz CT molecular complexity index is 1270. The molecule has 0 spiro atoms. The third kappa shape index (κ3) is 2.86. The third-order valence-electron chi connectivity index (χ3n) is 5.41. The maximum absolute atomic E-state index is 12.8. The molecule has 0 bridgehead atoms. The van der Waals surface area contributed by atoms with Crippen LogP contribution < -0.4 is 4.90 Å². The van der Waals surface area contributed by atoms with Crippen molar-refractivity contribution < 1.29 is 14.3 Å². The average Bonchev–Trinajstić information content (AvgIpc) is 3.39. The molecule has 1 unspecified atom stereocenters. The zero-order valence-electron chi connectivity index (χ0n) is 16.2. The van der Waals surface area contributed by atoms with Crippen molar-refractivity contribution in [1.29, 1.82) is 0 Å². The van der Waals surface area contributed by atoms with Crippen LogP contribution in [-0.2, 0) is 16.6 Å². The number of carbonyl (C=O) groups is 2. The van der Waals surface area contributed by atoms with Crippen LogP contribution >= 0.6 is 0 Å². The second-order valence-corrected chi connectivity index (χ2v) is 7.37. The van der Waals surface area contributed by atoms with Gasteiger partial charge in [-0.05, 0) is 29.8 Å². The van der Waals surface area contributed by atoms with Crippen molar-refractivity contribution in [2.24, 2.45) is 7.05 Å². The summed E-state index contributed by atoms with van der Waals surface area (Å²) in [5.74, 6) is -0.0299. The van der Waals surface area contributed by atoms with E-state index >= 15 is 0 Å². The number of benzene rings is 2. The van der Waals surface area contributed by atoms with E-state index in [0.29, 0.717) is 24.5 Å². The molecule has 1 amide bonds. The molecule has 0 radical (unpaired) electrons. The van der Waals surface area contributed by atoms with E-state index in [2.05, 4.69) is 10.1 Å². The second kappa shape index (κ2) is 6.48. The number of amides is 1. The molecule has 1 fully saturated rings. The van der Waals surface area contributed by atoms with Crippen molar-refractivity contribution in [2.45, 2.75) is 19.4 Å². The summed E-state index contributed by atoms with van der Waals surface area (Å²) in [5.41, 5.74) is 2.04. The quantitative estimate of drug-likeness (QED) is 0.546. The smallest absolute Gasteiger partial charge is 0.355 e. The van der Waals surface area contributed by atoms with E-state index < -0.39 is 12.1 Å². The topological polar surface area (TPSA) is 80.2 Å². The Labute approximate surface area is 166 Å². The molecule has 2 aromatic heterocycles. The first-order valence-electron chi connectivity index (χ1n) is 9.55. The number of anilines is 1. The zero-order valence-corrected chi connectivity index (χ0v) is 16.2. The fourth-order valence-corrected chi connectivity index (χ4v) is 4.03.